The van der Waals surface area contributed by atoms with Gasteiger partial charge < -0.3 is 25.5 Å². The number of fused-ring (bicyclic) bond motifs is 11. The van der Waals surface area contributed by atoms with Crippen molar-refractivity contribution in [1.29, 1.82) is 0 Å². The lowest BCUT2D eigenvalue weighted by Crippen LogP contribution is -2.04. The SMILES string of the molecule is Oc1c(O)c(O)c(-c2nc(-n3c4ccccc4c4c5c6ccccc6sc5c5ccccc5c43)nc3cccnc23)c(O)c1O. The molecule has 0 aliphatic carbocycles. The van der Waals surface area contributed by atoms with Gasteiger partial charge in [0.05, 0.1) is 22.1 Å². The molecule has 9 rings (SSSR count). The van der Waals surface area contributed by atoms with E-state index in [2.05, 4.69) is 35.3 Å². The van der Waals surface area contributed by atoms with Gasteiger partial charge in [-0.05, 0) is 24.3 Å². The molecule has 5 aromatic carbocycles. The van der Waals surface area contributed by atoms with Crippen molar-refractivity contribution in [1.82, 2.24) is 19.5 Å². The molecule has 4 aromatic heterocycles. The number of thiophene rings is 1. The van der Waals surface area contributed by atoms with E-state index in [0.717, 1.165) is 43.4 Å². The highest BCUT2D eigenvalue weighted by Crippen LogP contribution is 2.55. The molecule has 0 spiro atoms. The molecular weight excluding hydrogens is 588 g/mol. The largest absolute Gasteiger partial charge is 0.504 e. The number of phenols is 5. The molecule has 0 atom stereocenters. The minimum absolute atomic E-state index is 0.0477. The van der Waals surface area contributed by atoms with Gasteiger partial charge in [-0.3, -0.25) is 9.55 Å². The third-order valence-electron chi connectivity index (χ3n) is 8.40. The maximum Gasteiger partial charge on any atom is 0.235 e. The smallest absolute Gasteiger partial charge is 0.235 e. The fourth-order valence-electron chi connectivity index (χ4n) is 6.47. The zero-order chi connectivity index (χ0) is 30.6. The van der Waals surface area contributed by atoms with Gasteiger partial charge in [0.2, 0.25) is 23.2 Å². The molecule has 0 fully saturated rings. The van der Waals surface area contributed by atoms with E-state index in [0.29, 0.717) is 5.52 Å². The molecule has 9 aromatic rings. The van der Waals surface area contributed by atoms with E-state index in [-0.39, 0.29) is 17.2 Å². The first kappa shape index (κ1) is 25.4. The minimum Gasteiger partial charge on any atom is -0.504 e. The Bertz CT molecular complexity index is 2700. The number of nitrogens with zero attached hydrogens (tertiary/aromatic N) is 4. The van der Waals surface area contributed by atoms with E-state index in [9.17, 15) is 25.5 Å². The van der Waals surface area contributed by atoms with Gasteiger partial charge in [-0.15, -0.1) is 11.3 Å². The summed E-state index contributed by atoms with van der Waals surface area (Å²) in [4.78, 5) is 14.2. The van der Waals surface area contributed by atoms with Crippen molar-refractivity contribution in [2.75, 3.05) is 0 Å². The van der Waals surface area contributed by atoms with Gasteiger partial charge >= 0.3 is 0 Å². The summed E-state index contributed by atoms with van der Waals surface area (Å²) in [5.41, 5.74) is 1.86. The van der Waals surface area contributed by atoms with Gasteiger partial charge in [0, 0.05) is 47.9 Å². The summed E-state index contributed by atoms with van der Waals surface area (Å²) in [6.07, 6.45) is 1.51. The summed E-state index contributed by atoms with van der Waals surface area (Å²) in [7, 11) is 0. The Morgan fingerprint density at radius 2 is 1.22 bits per heavy atom. The van der Waals surface area contributed by atoms with E-state index in [1.165, 1.54) is 15.6 Å². The van der Waals surface area contributed by atoms with Gasteiger partial charge in [0.1, 0.15) is 11.2 Å². The number of para-hydroxylation sites is 1. The van der Waals surface area contributed by atoms with Crippen molar-refractivity contribution in [2.45, 2.75) is 0 Å². The number of hydrogen-bond acceptors (Lipinski definition) is 9. The highest BCUT2D eigenvalue weighted by atomic mass is 32.1. The van der Waals surface area contributed by atoms with Gasteiger partial charge in [0.15, 0.2) is 11.5 Å². The molecule has 0 saturated carbocycles. The van der Waals surface area contributed by atoms with Crippen molar-refractivity contribution < 1.29 is 25.5 Å². The maximum absolute atomic E-state index is 10.9. The third-order valence-corrected chi connectivity index (χ3v) is 9.60. The van der Waals surface area contributed by atoms with E-state index >= 15 is 0 Å². The molecule has 5 N–H and O–H groups in total. The summed E-state index contributed by atoms with van der Waals surface area (Å²) in [5, 5.41) is 59.1. The minimum atomic E-state index is -1.05. The predicted molar refractivity (Wildman–Crippen MR) is 176 cm³/mol. The lowest BCUT2D eigenvalue weighted by Gasteiger charge is -2.15. The highest BCUT2D eigenvalue weighted by molar-refractivity contribution is 7.27. The van der Waals surface area contributed by atoms with E-state index in [4.69, 9.17) is 9.97 Å². The average Bonchev–Trinajstić information content (AvgIpc) is 3.63. The Morgan fingerprint density at radius 1 is 0.578 bits per heavy atom. The van der Waals surface area contributed by atoms with Crippen LogP contribution in [-0.2, 0) is 0 Å². The third kappa shape index (κ3) is 3.28. The van der Waals surface area contributed by atoms with Crippen LogP contribution in [0.2, 0.25) is 0 Å². The molecule has 10 heteroatoms. The number of rotatable bonds is 2. The average molecular weight is 609 g/mol. The van der Waals surface area contributed by atoms with Gasteiger partial charge in [0.25, 0.3) is 0 Å². The normalized spacial score (nSPS) is 12.0. The molecule has 0 saturated heterocycles. The first-order chi connectivity index (χ1) is 21.9. The Morgan fingerprint density at radius 3 is 2.00 bits per heavy atom. The van der Waals surface area contributed by atoms with Crippen LogP contribution in [0.15, 0.2) is 91.1 Å². The molecule has 45 heavy (non-hydrogen) atoms. The van der Waals surface area contributed by atoms with Crippen LogP contribution in [0, 0.1) is 0 Å². The summed E-state index contributed by atoms with van der Waals surface area (Å²) in [5.74, 6) is -4.57. The molecular formula is C35H20N4O5S. The van der Waals surface area contributed by atoms with E-state index in [1.807, 2.05) is 47.0 Å². The number of benzene rings is 5. The van der Waals surface area contributed by atoms with Crippen LogP contribution in [0.25, 0.3) is 81.0 Å². The van der Waals surface area contributed by atoms with Crippen molar-refractivity contribution in [3.63, 3.8) is 0 Å². The van der Waals surface area contributed by atoms with Crippen LogP contribution >= 0.6 is 11.3 Å². The lowest BCUT2D eigenvalue weighted by atomic mass is 10.00. The number of pyridine rings is 1. The zero-order valence-corrected chi connectivity index (χ0v) is 23.9. The molecule has 0 bridgehead atoms. The Balaban J connectivity index is 1.52. The summed E-state index contributed by atoms with van der Waals surface area (Å²) in [6.45, 7) is 0. The highest BCUT2D eigenvalue weighted by Gasteiger charge is 2.29. The Kier molecular flexibility index (Phi) is 5.04. The Labute approximate surface area is 256 Å². The Hall–Kier alpha value is -6.13. The monoisotopic (exact) mass is 608 g/mol. The van der Waals surface area contributed by atoms with Gasteiger partial charge in [-0.2, -0.15) is 0 Å². The van der Waals surface area contributed by atoms with E-state index in [1.54, 1.807) is 23.5 Å². The molecule has 0 aliphatic heterocycles. The number of aromatic nitrogens is 4. The summed E-state index contributed by atoms with van der Waals surface area (Å²) < 4.78 is 4.31. The van der Waals surface area contributed by atoms with Crippen LogP contribution in [0.4, 0.5) is 0 Å². The van der Waals surface area contributed by atoms with Crippen molar-refractivity contribution in [2.24, 2.45) is 0 Å². The van der Waals surface area contributed by atoms with Crippen molar-refractivity contribution >= 4 is 75.1 Å². The second kappa shape index (κ2) is 8.94. The molecule has 0 unspecified atom stereocenters. The van der Waals surface area contributed by atoms with Crippen LogP contribution < -0.4 is 0 Å². The molecule has 0 aliphatic rings. The first-order valence-corrected chi connectivity index (χ1v) is 14.8. The summed E-state index contributed by atoms with van der Waals surface area (Å²) in [6, 6.07) is 28.0. The topological polar surface area (TPSA) is 145 Å². The second-order valence-electron chi connectivity index (χ2n) is 10.8. The molecule has 4 heterocycles. The second-order valence-corrected chi connectivity index (χ2v) is 11.8. The van der Waals surface area contributed by atoms with Crippen LogP contribution in [0.3, 0.4) is 0 Å². The van der Waals surface area contributed by atoms with Crippen molar-refractivity contribution in [3.8, 4) is 46.0 Å². The van der Waals surface area contributed by atoms with Crippen LogP contribution in [0.1, 0.15) is 0 Å². The lowest BCUT2D eigenvalue weighted by molar-refractivity contribution is 0.330. The molecule has 0 radical (unpaired) electrons. The molecule has 216 valence electrons. The standard InChI is InChI=1S/C35H20N4O5S/c40-29-25(30(41)32(43)33(44)31(29)42)27-26-20(12-7-15-36-26)37-35(38-27)39-21-13-5-3-10-18(21)23-24-19-11-4-6-14-22(19)45-34(24)17-9-2-1-8-16(17)28(23)39/h1-15,40-44H. The molecule has 9 nitrogen and oxygen atoms in total. The van der Waals surface area contributed by atoms with E-state index < -0.39 is 34.3 Å². The predicted octanol–water partition coefficient (Wildman–Crippen LogP) is 7.84. The van der Waals surface area contributed by atoms with Crippen LogP contribution in [-0.4, -0.2) is 45.1 Å². The van der Waals surface area contributed by atoms with Crippen molar-refractivity contribution in [3.05, 3.63) is 91.1 Å². The number of aromatic hydroxyl groups is 5. The zero-order valence-electron chi connectivity index (χ0n) is 23.1. The first-order valence-electron chi connectivity index (χ1n) is 14.0. The summed E-state index contributed by atoms with van der Waals surface area (Å²) >= 11 is 1.76. The fourth-order valence-corrected chi connectivity index (χ4v) is 7.71. The van der Waals surface area contributed by atoms with Gasteiger partial charge in [-0.25, -0.2) is 9.97 Å². The number of hydrogen-bond donors (Lipinski definition) is 5. The quantitative estimate of drug-likeness (QED) is 0.0986. The molecule has 0 amide bonds. The fraction of sp³-hybridized carbons (Fsp3) is 0. The number of phenolic OH excluding ortho intramolecular Hbond substituents is 5. The maximum atomic E-state index is 10.9. The van der Waals surface area contributed by atoms with Gasteiger partial charge in [-0.1, -0.05) is 60.7 Å². The van der Waals surface area contributed by atoms with Crippen LogP contribution in [0.5, 0.6) is 28.7 Å².